The van der Waals surface area contributed by atoms with E-state index in [1.807, 2.05) is 24.5 Å². The Bertz CT molecular complexity index is 1120. The minimum atomic E-state index is -0.538. The standard InChI is InChI=1S/C25H27FN2O4/c1-15-12-18(16(2)28(15)20-9-7-19(26)8-10-20)13-22-23(25(30)31-4)17(3)27(24(22)29)14-21-6-5-11-32-21/h7-10,12-13,21H,5-6,11,14H2,1-4H3. The Morgan fingerprint density at radius 3 is 2.59 bits per heavy atom. The summed E-state index contributed by atoms with van der Waals surface area (Å²) in [6.45, 7) is 6.75. The molecule has 32 heavy (non-hydrogen) atoms. The Hall–Kier alpha value is -3.19. The van der Waals surface area contributed by atoms with Crippen molar-refractivity contribution in [1.29, 1.82) is 0 Å². The second kappa shape index (κ2) is 8.74. The number of carbonyl (C=O) groups is 2. The third-order valence-electron chi connectivity index (χ3n) is 6.17. The Kier molecular flexibility index (Phi) is 6.02. The van der Waals surface area contributed by atoms with Gasteiger partial charge in [0, 0.05) is 29.4 Å². The molecule has 1 aromatic carbocycles. The van der Waals surface area contributed by atoms with E-state index >= 15 is 0 Å². The van der Waals surface area contributed by atoms with Crippen molar-refractivity contribution >= 4 is 18.0 Å². The predicted molar refractivity (Wildman–Crippen MR) is 119 cm³/mol. The zero-order chi connectivity index (χ0) is 23.0. The minimum absolute atomic E-state index is 0.0318. The van der Waals surface area contributed by atoms with Gasteiger partial charge in [-0.1, -0.05) is 0 Å². The van der Waals surface area contributed by atoms with Crippen LogP contribution in [0.15, 0.2) is 47.2 Å². The van der Waals surface area contributed by atoms with E-state index in [1.165, 1.54) is 19.2 Å². The van der Waals surface area contributed by atoms with Crippen molar-refractivity contribution in [2.24, 2.45) is 0 Å². The molecule has 6 nitrogen and oxygen atoms in total. The number of aromatic nitrogens is 1. The van der Waals surface area contributed by atoms with Crippen molar-refractivity contribution in [3.8, 4) is 5.69 Å². The van der Waals surface area contributed by atoms with Gasteiger partial charge in [0.15, 0.2) is 0 Å². The molecule has 0 N–H and O–H groups in total. The molecule has 0 bridgehead atoms. The third-order valence-corrected chi connectivity index (χ3v) is 6.17. The molecule has 168 valence electrons. The summed E-state index contributed by atoms with van der Waals surface area (Å²) in [6, 6.07) is 8.20. The number of amides is 1. The zero-order valence-corrected chi connectivity index (χ0v) is 18.8. The summed E-state index contributed by atoms with van der Waals surface area (Å²) >= 11 is 0. The Morgan fingerprint density at radius 1 is 1.25 bits per heavy atom. The molecule has 0 radical (unpaired) electrons. The summed E-state index contributed by atoms with van der Waals surface area (Å²) in [5.41, 5.74) is 4.62. The molecular weight excluding hydrogens is 411 g/mol. The van der Waals surface area contributed by atoms with Crippen LogP contribution in [0.3, 0.4) is 0 Å². The number of allylic oxidation sites excluding steroid dienone is 1. The van der Waals surface area contributed by atoms with Crippen LogP contribution in [-0.2, 0) is 19.1 Å². The third kappa shape index (κ3) is 3.88. The molecule has 2 aliphatic heterocycles. The van der Waals surface area contributed by atoms with E-state index in [-0.39, 0.29) is 23.4 Å². The van der Waals surface area contributed by atoms with Gasteiger partial charge in [-0.05, 0) is 75.6 Å². The van der Waals surface area contributed by atoms with Crippen LogP contribution in [-0.4, -0.2) is 47.7 Å². The number of hydrogen-bond acceptors (Lipinski definition) is 4. The first kappa shape index (κ1) is 22.0. The van der Waals surface area contributed by atoms with Gasteiger partial charge in [-0.3, -0.25) is 4.79 Å². The van der Waals surface area contributed by atoms with Crippen LogP contribution in [0.2, 0.25) is 0 Å². The summed E-state index contributed by atoms with van der Waals surface area (Å²) in [7, 11) is 1.31. The predicted octanol–water partition coefficient (Wildman–Crippen LogP) is 4.08. The average molecular weight is 438 g/mol. The second-order valence-corrected chi connectivity index (χ2v) is 8.20. The van der Waals surface area contributed by atoms with Crippen molar-refractivity contribution in [3.63, 3.8) is 0 Å². The molecule has 1 fully saturated rings. The molecule has 1 amide bonds. The number of aryl methyl sites for hydroxylation is 1. The van der Waals surface area contributed by atoms with E-state index in [9.17, 15) is 14.0 Å². The Labute approximate surface area is 186 Å². The Balaban J connectivity index is 1.75. The Morgan fingerprint density at radius 2 is 1.97 bits per heavy atom. The smallest absolute Gasteiger partial charge is 0.340 e. The van der Waals surface area contributed by atoms with E-state index in [4.69, 9.17) is 9.47 Å². The van der Waals surface area contributed by atoms with Crippen molar-refractivity contribution in [3.05, 3.63) is 69.9 Å². The maximum absolute atomic E-state index is 13.4. The van der Waals surface area contributed by atoms with Gasteiger partial charge in [0.1, 0.15) is 5.82 Å². The van der Waals surface area contributed by atoms with Gasteiger partial charge >= 0.3 is 5.97 Å². The lowest BCUT2D eigenvalue weighted by Crippen LogP contribution is -2.33. The molecule has 1 saturated heterocycles. The minimum Gasteiger partial charge on any atom is -0.465 e. The number of halogens is 1. The quantitative estimate of drug-likeness (QED) is 0.521. The molecule has 0 aliphatic carbocycles. The van der Waals surface area contributed by atoms with Crippen LogP contribution >= 0.6 is 0 Å². The van der Waals surface area contributed by atoms with Gasteiger partial charge in [-0.2, -0.15) is 0 Å². The van der Waals surface area contributed by atoms with Gasteiger partial charge in [0.05, 0.1) is 30.9 Å². The maximum Gasteiger partial charge on any atom is 0.340 e. The van der Waals surface area contributed by atoms with Gasteiger partial charge in [0.2, 0.25) is 0 Å². The highest BCUT2D eigenvalue weighted by molar-refractivity contribution is 6.16. The topological polar surface area (TPSA) is 60.8 Å². The summed E-state index contributed by atoms with van der Waals surface area (Å²) < 4.78 is 26.1. The first-order valence-corrected chi connectivity index (χ1v) is 10.7. The van der Waals surface area contributed by atoms with Crippen LogP contribution < -0.4 is 0 Å². The van der Waals surface area contributed by atoms with Crippen molar-refractivity contribution in [2.45, 2.75) is 39.7 Å². The van der Waals surface area contributed by atoms with E-state index in [2.05, 4.69) is 0 Å². The number of nitrogens with zero attached hydrogens (tertiary/aromatic N) is 2. The fourth-order valence-electron chi connectivity index (χ4n) is 4.52. The monoisotopic (exact) mass is 438 g/mol. The van der Waals surface area contributed by atoms with Crippen molar-refractivity contribution in [1.82, 2.24) is 9.47 Å². The van der Waals surface area contributed by atoms with E-state index in [0.29, 0.717) is 24.4 Å². The molecule has 3 heterocycles. The molecule has 1 atom stereocenters. The largest absolute Gasteiger partial charge is 0.465 e. The summed E-state index contributed by atoms with van der Waals surface area (Å²) in [4.78, 5) is 27.6. The number of methoxy groups -OCH3 is 1. The molecule has 4 rings (SSSR count). The molecular formula is C25H27FN2O4. The van der Waals surface area contributed by atoms with E-state index in [0.717, 1.165) is 35.5 Å². The number of esters is 1. The SMILES string of the molecule is COC(=O)C1=C(C)N(CC2CCCO2)C(=O)C1=Cc1cc(C)n(-c2ccc(F)cc2)c1C. The highest BCUT2D eigenvalue weighted by Crippen LogP contribution is 2.34. The number of rotatable bonds is 5. The van der Waals surface area contributed by atoms with E-state index < -0.39 is 5.97 Å². The van der Waals surface area contributed by atoms with Gasteiger partial charge in [-0.15, -0.1) is 0 Å². The van der Waals surface area contributed by atoms with Gasteiger partial charge in [0.25, 0.3) is 5.91 Å². The summed E-state index contributed by atoms with van der Waals surface area (Å²) in [5, 5.41) is 0. The molecule has 1 unspecified atom stereocenters. The fourth-order valence-corrected chi connectivity index (χ4v) is 4.52. The van der Waals surface area contributed by atoms with Gasteiger partial charge < -0.3 is 18.9 Å². The van der Waals surface area contributed by atoms with Crippen LogP contribution in [0.4, 0.5) is 4.39 Å². The lowest BCUT2D eigenvalue weighted by molar-refractivity contribution is -0.136. The number of hydrogen-bond donors (Lipinski definition) is 0. The summed E-state index contributed by atoms with van der Waals surface area (Å²) in [5.74, 6) is -1.07. The number of benzene rings is 1. The van der Waals surface area contributed by atoms with E-state index in [1.54, 1.807) is 30.0 Å². The molecule has 0 spiro atoms. The van der Waals surface area contributed by atoms with Crippen molar-refractivity contribution < 1.29 is 23.5 Å². The second-order valence-electron chi connectivity index (χ2n) is 8.20. The highest BCUT2D eigenvalue weighted by Gasteiger charge is 2.38. The van der Waals surface area contributed by atoms with Crippen LogP contribution in [0, 0.1) is 19.7 Å². The molecule has 2 aromatic rings. The fraction of sp³-hybridized carbons (Fsp3) is 0.360. The molecule has 0 saturated carbocycles. The summed E-state index contributed by atoms with van der Waals surface area (Å²) in [6.07, 6.45) is 3.58. The lowest BCUT2D eigenvalue weighted by Gasteiger charge is -2.21. The zero-order valence-electron chi connectivity index (χ0n) is 18.8. The highest BCUT2D eigenvalue weighted by atomic mass is 19.1. The first-order chi connectivity index (χ1) is 15.3. The molecule has 7 heteroatoms. The number of carbonyl (C=O) groups excluding carboxylic acids is 2. The van der Waals surface area contributed by atoms with Crippen LogP contribution in [0.5, 0.6) is 0 Å². The van der Waals surface area contributed by atoms with Crippen LogP contribution in [0.25, 0.3) is 11.8 Å². The average Bonchev–Trinajstić information content (AvgIpc) is 3.44. The van der Waals surface area contributed by atoms with Crippen LogP contribution in [0.1, 0.15) is 36.7 Å². The van der Waals surface area contributed by atoms with Crippen molar-refractivity contribution in [2.75, 3.05) is 20.3 Å². The normalized spacial score (nSPS) is 20.0. The molecule has 1 aromatic heterocycles. The molecule has 2 aliphatic rings. The number of ether oxygens (including phenoxy) is 2. The lowest BCUT2D eigenvalue weighted by atomic mass is 10.0. The first-order valence-electron chi connectivity index (χ1n) is 10.7. The maximum atomic E-state index is 13.4. The van der Waals surface area contributed by atoms with Gasteiger partial charge in [-0.25, -0.2) is 9.18 Å².